The van der Waals surface area contributed by atoms with Crippen LogP contribution in [0.5, 0.6) is 11.6 Å². The Kier molecular flexibility index (Phi) is 5.73. The number of amides is 1. The average Bonchev–Trinajstić information content (AvgIpc) is 3.09. The van der Waals surface area contributed by atoms with Crippen molar-refractivity contribution in [3.05, 3.63) is 88.5 Å². The van der Waals surface area contributed by atoms with Crippen molar-refractivity contribution in [3.8, 4) is 17.4 Å². The van der Waals surface area contributed by atoms with Gasteiger partial charge >= 0.3 is 0 Å². The fourth-order valence-corrected chi connectivity index (χ4v) is 3.45. The summed E-state index contributed by atoms with van der Waals surface area (Å²) >= 11 is 0. The molecule has 32 heavy (non-hydrogen) atoms. The number of aryl methyl sites for hydroxylation is 5. The lowest BCUT2D eigenvalue weighted by Gasteiger charge is -2.11. The Hall–Kier alpha value is -4.00. The number of nitrogens with zero attached hydrogens (tertiary/aromatic N) is 4. The average molecular weight is 428 g/mol. The molecule has 0 saturated heterocycles. The summed E-state index contributed by atoms with van der Waals surface area (Å²) in [5, 5.41) is 7.41. The minimum atomic E-state index is -0.138. The third-order valence-electron chi connectivity index (χ3n) is 5.00. The maximum Gasteiger partial charge on any atom is 0.255 e. The van der Waals surface area contributed by atoms with Crippen LogP contribution in [0.4, 0.5) is 5.69 Å². The molecule has 1 N–H and O–H groups in total. The van der Waals surface area contributed by atoms with E-state index < -0.39 is 0 Å². The minimum Gasteiger partial charge on any atom is -0.439 e. The second-order valence-electron chi connectivity index (χ2n) is 7.85. The normalized spacial score (nSPS) is 10.8. The monoisotopic (exact) mass is 427 g/mol. The van der Waals surface area contributed by atoms with Gasteiger partial charge in [-0.15, -0.1) is 0 Å². The maximum atomic E-state index is 12.6. The second kappa shape index (κ2) is 8.63. The molecule has 0 atom stereocenters. The third kappa shape index (κ3) is 4.67. The number of hydrogen-bond donors (Lipinski definition) is 1. The number of carbonyl (C=O) groups excluding carboxylic acids is 1. The Balaban J connectivity index is 1.50. The van der Waals surface area contributed by atoms with Gasteiger partial charge in [0.25, 0.3) is 5.91 Å². The number of carbonyl (C=O) groups is 1. The van der Waals surface area contributed by atoms with E-state index in [9.17, 15) is 4.79 Å². The summed E-state index contributed by atoms with van der Waals surface area (Å²) in [4.78, 5) is 21.5. The van der Waals surface area contributed by atoms with Crippen molar-refractivity contribution in [2.75, 3.05) is 5.32 Å². The first-order valence-corrected chi connectivity index (χ1v) is 10.3. The van der Waals surface area contributed by atoms with E-state index in [-0.39, 0.29) is 5.91 Å². The van der Waals surface area contributed by atoms with E-state index >= 15 is 0 Å². The van der Waals surface area contributed by atoms with Crippen molar-refractivity contribution in [1.29, 1.82) is 0 Å². The summed E-state index contributed by atoms with van der Waals surface area (Å²) < 4.78 is 7.71. The molecule has 4 aromatic rings. The van der Waals surface area contributed by atoms with Gasteiger partial charge in [0, 0.05) is 23.0 Å². The number of hydrogen-bond acceptors (Lipinski definition) is 5. The van der Waals surface area contributed by atoms with Gasteiger partial charge in [-0.25, -0.2) is 9.67 Å². The first-order chi connectivity index (χ1) is 15.3. The van der Waals surface area contributed by atoms with Gasteiger partial charge in [-0.1, -0.05) is 17.7 Å². The maximum absolute atomic E-state index is 12.6. The lowest BCUT2D eigenvalue weighted by molar-refractivity contribution is 0.102. The van der Waals surface area contributed by atoms with Gasteiger partial charge in [0.2, 0.25) is 5.88 Å². The molecule has 0 unspecified atom stereocenters. The van der Waals surface area contributed by atoms with Crippen LogP contribution in [0.3, 0.4) is 0 Å². The van der Waals surface area contributed by atoms with Gasteiger partial charge in [-0.3, -0.25) is 4.79 Å². The number of nitrogens with one attached hydrogen (secondary N) is 1. The molecule has 4 rings (SSSR count). The Morgan fingerprint density at radius 3 is 2.34 bits per heavy atom. The predicted molar refractivity (Wildman–Crippen MR) is 124 cm³/mol. The molecule has 0 aliphatic heterocycles. The highest BCUT2D eigenvalue weighted by molar-refractivity contribution is 6.05. The SMILES string of the molecule is Cc1ccc(C)c(C(=O)Nc2ccc(Oc3cc(-n4nc(C)cc4C)nc(C)n3)cc2)c1. The van der Waals surface area contributed by atoms with Crippen LogP contribution in [0.15, 0.2) is 54.6 Å². The number of benzene rings is 2. The molecule has 0 saturated carbocycles. The zero-order chi connectivity index (χ0) is 22.8. The molecular weight excluding hydrogens is 402 g/mol. The summed E-state index contributed by atoms with van der Waals surface area (Å²) in [5.41, 5.74) is 5.23. The van der Waals surface area contributed by atoms with Gasteiger partial charge in [0.05, 0.1) is 5.69 Å². The van der Waals surface area contributed by atoms with E-state index in [2.05, 4.69) is 20.4 Å². The fourth-order valence-electron chi connectivity index (χ4n) is 3.45. The lowest BCUT2D eigenvalue weighted by Crippen LogP contribution is -2.13. The van der Waals surface area contributed by atoms with E-state index in [0.717, 1.165) is 22.5 Å². The smallest absolute Gasteiger partial charge is 0.255 e. The van der Waals surface area contributed by atoms with Crippen molar-refractivity contribution >= 4 is 11.6 Å². The minimum absolute atomic E-state index is 0.138. The van der Waals surface area contributed by atoms with Gasteiger partial charge in [-0.05, 0) is 76.6 Å². The molecule has 2 aromatic carbocycles. The molecule has 162 valence electrons. The van der Waals surface area contributed by atoms with Crippen LogP contribution < -0.4 is 10.1 Å². The Labute approximate surface area is 187 Å². The summed E-state index contributed by atoms with van der Waals surface area (Å²) in [5.74, 6) is 2.12. The van der Waals surface area contributed by atoms with Crippen LogP contribution in [-0.2, 0) is 0 Å². The summed E-state index contributed by atoms with van der Waals surface area (Å²) in [6, 6.07) is 16.8. The zero-order valence-corrected chi connectivity index (χ0v) is 18.8. The summed E-state index contributed by atoms with van der Waals surface area (Å²) in [6.45, 7) is 9.62. The van der Waals surface area contributed by atoms with Gasteiger partial charge in [0.1, 0.15) is 11.6 Å². The lowest BCUT2D eigenvalue weighted by atomic mass is 10.1. The molecule has 7 heteroatoms. The predicted octanol–water partition coefficient (Wildman–Crippen LogP) is 5.25. The van der Waals surface area contributed by atoms with E-state index in [1.807, 2.05) is 58.9 Å². The van der Waals surface area contributed by atoms with Crippen LogP contribution in [0.1, 0.15) is 38.7 Å². The molecule has 2 aromatic heterocycles. The molecular formula is C25H25N5O2. The Bertz CT molecular complexity index is 1290. The number of anilines is 1. The highest BCUT2D eigenvalue weighted by Gasteiger charge is 2.12. The van der Waals surface area contributed by atoms with E-state index in [1.54, 1.807) is 35.0 Å². The van der Waals surface area contributed by atoms with Crippen molar-refractivity contribution in [2.45, 2.75) is 34.6 Å². The topological polar surface area (TPSA) is 81.9 Å². The molecule has 0 fully saturated rings. The van der Waals surface area contributed by atoms with Crippen LogP contribution >= 0.6 is 0 Å². The Morgan fingerprint density at radius 1 is 0.906 bits per heavy atom. The fraction of sp³-hybridized carbons (Fsp3) is 0.200. The summed E-state index contributed by atoms with van der Waals surface area (Å²) in [7, 11) is 0. The van der Waals surface area contributed by atoms with Crippen molar-refractivity contribution < 1.29 is 9.53 Å². The Morgan fingerprint density at radius 2 is 1.66 bits per heavy atom. The first kappa shape index (κ1) is 21.2. The van der Waals surface area contributed by atoms with Gasteiger partial charge in [0.15, 0.2) is 5.82 Å². The zero-order valence-electron chi connectivity index (χ0n) is 18.8. The van der Waals surface area contributed by atoms with Gasteiger partial charge < -0.3 is 10.1 Å². The molecule has 7 nitrogen and oxygen atoms in total. The molecule has 2 heterocycles. The largest absolute Gasteiger partial charge is 0.439 e. The number of rotatable bonds is 5. The number of ether oxygens (including phenoxy) is 1. The van der Waals surface area contributed by atoms with E-state index in [1.165, 1.54) is 0 Å². The molecule has 1 amide bonds. The second-order valence-corrected chi connectivity index (χ2v) is 7.85. The number of aromatic nitrogens is 4. The van der Waals surface area contributed by atoms with Crippen LogP contribution in [0.25, 0.3) is 5.82 Å². The standard InChI is InChI=1S/C25H25N5O2/c1-15-6-7-16(2)22(12-15)25(31)28-20-8-10-21(11-9-20)32-24-14-23(26-19(5)27-24)30-18(4)13-17(3)29-30/h6-14H,1-5H3,(H,28,31). The van der Waals surface area contributed by atoms with Crippen LogP contribution in [-0.4, -0.2) is 25.7 Å². The van der Waals surface area contributed by atoms with Crippen molar-refractivity contribution in [1.82, 2.24) is 19.7 Å². The molecule has 0 aliphatic rings. The highest BCUT2D eigenvalue weighted by Crippen LogP contribution is 2.24. The van der Waals surface area contributed by atoms with E-state index in [0.29, 0.717) is 34.5 Å². The van der Waals surface area contributed by atoms with Crippen LogP contribution in [0.2, 0.25) is 0 Å². The highest BCUT2D eigenvalue weighted by atomic mass is 16.5. The molecule has 0 spiro atoms. The van der Waals surface area contributed by atoms with Crippen molar-refractivity contribution in [2.24, 2.45) is 0 Å². The van der Waals surface area contributed by atoms with Gasteiger partial charge in [-0.2, -0.15) is 10.1 Å². The van der Waals surface area contributed by atoms with E-state index in [4.69, 9.17) is 4.74 Å². The molecule has 0 aliphatic carbocycles. The third-order valence-corrected chi connectivity index (χ3v) is 5.00. The molecule has 0 bridgehead atoms. The first-order valence-electron chi connectivity index (χ1n) is 10.3. The van der Waals surface area contributed by atoms with Crippen molar-refractivity contribution in [3.63, 3.8) is 0 Å². The quantitative estimate of drug-likeness (QED) is 0.470. The molecule has 0 radical (unpaired) electrons. The van der Waals surface area contributed by atoms with Crippen LogP contribution in [0, 0.1) is 34.6 Å². The summed E-state index contributed by atoms with van der Waals surface area (Å²) in [6.07, 6.45) is 0.